The number of fused-ring (bicyclic) bond motifs is 3. The van der Waals surface area contributed by atoms with Crippen molar-refractivity contribution in [1.29, 1.82) is 0 Å². The highest BCUT2D eigenvalue weighted by atomic mass is 16.7. The van der Waals surface area contributed by atoms with E-state index >= 15 is 0 Å². The highest BCUT2D eigenvalue weighted by molar-refractivity contribution is 6.46. The Balaban J connectivity index is 1.71. The van der Waals surface area contributed by atoms with E-state index in [1.807, 2.05) is 6.07 Å². The molecule has 0 bridgehead atoms. The number of carbonyl (C=O) groups excluding carboxylic acids is 2. The number of rotatable bonds is 12. The molecule has 0 saturated heterocycles. The summed E-state index contributed by atoms with van der Waals surface area (Å²) in [6, 6.07) is 15.0. The number of oxime groups is 1. The molecule has 2 aliphatic rings. The lowest BCUT2D eigenvalue weighted by Gasteiger charge is -2.33. The molecule has 4 rings (SSSR count). The van der Waals surface area contributed by atoms with Gasteiger partial charge in [0.1, 0.15) is 5.71 Å². The summed E-state index contributed by atoms with van der Waals surface area (Å²) >= 11 is 0. The monoisotopic (exact) mass is 487 g/mol. The standard InChI is InChI=1S/C32H41NO3/c1-4-6-20-32(21-7-5-2)28-15-11-10-14-26(28)27-18-17-25(22-29(27)32)31(35)30(33-36-23(3)34)19-16-24-12-8-9-13-24/h10-11,14-15,17-18,22,24H,4-9,12-13,16,19-21H2,1-3H3/b33-30+. The van der Waals surface area contributed by atoms with Gasteiger partial charge < -0.3 is 4.84 Å². The summed E-state index contributed by atoms with van der Waals surface area (Å²) in [5, 5.41) is 4.05. The minimum Gasteiger partial charge on any atom is -0.318 e. The van der Waals surface area contributed by atoms with E-state index in [1.165, 1.54) is 54.9 Å². The zero-order valence-corrected chi connectivity index (χ0v) is 22.3. The fraction of sp³-hybridized carbons (Fsp3) is 0.531. The van der Waals surface area contributed by atoms with Crippen molar-refractivity contribution in [1.82, 2.24) is 0 Å². The average molecular weight is 488 g/mol. The lowest BCUT2D eigenvalue weighted by Crippen LogP contribution is -2.26. The smallest absolute Gasteiger partial charge is 0.318 e. The van der Waals surface area contributed by atoms with Gasteiger partial charge in [-0.15, -0.1) is 0 Å². The van der Waals surface area contributed by atoms with Crippen molar-refractivity contribution < 1.29 is 14.4 Å². The highest BCUT2D eigenvalue weighted by Crippen LogP contribution is 2.54. The summed E-state index contributed by atoms with van der Waals surface area (Å²) in [6.07, 6.45) is 13.2. The molecule has 2 aromatic rings. The van der Waals surface area contributed by atoms with E-state index in [1.54, 1.807) is 0 Å². The van der Waals surface area contributed by atoms with E-state index in [-0.39, 0.29) is 11.2 Å². The van der Waals surface area contributed by atoms with Crippen molar-refractivity contribution in [3.63, 3.8) is 0 Å². The van der Waals surface area contributed by atoms with Gasteiger partial charge in [-0.2, -0.15) is 0 Å². The maximum atomic E-state index is 13.8. The maximum absolute atomic E-state index is 13.8. The molecule has 2 aromatic carbocycles. The Morgan fingerprint density at radius 3 is 2.28 bits per heavy atom. The molecule has 1 fully saturated rings. The number of Topliss-reactive ketones (excluding diaryl/α,β-unsaturated/α-hetero) is 1. The van der Waals surface area contributed by atoms with E-state index in [4.69, 9.17) is 4.84 Å². The van der Waals surface area contributed by atoms with Crippen LogP contribution in [-0.4, -0.2) is 17.5 Å². The second kappa shape index (κ2) is 12.0. The van der Waals surface area contributed by atoms with Crippen LogP contribution in [0.25, 0.3) is 11.1 Å². The van der Waals surface area contributed by atoms with Gasteiger partial charge in [-0.25, -0.2) is 4.79 Å². The Bertz CT molecular complexity index is 1100. The first-order chi connectivity index (χ1) is 17.5. The van der Waals surface area contributed by atoms with Gasteiger partial charge in [-0.3, -0.25) is 4.79 Å². The quantitative estimate of drug-likeness (QED) is 0.131. The Morgan fingerprint density at radius 2 is 1.61 bits per heavy atom. The van der Waals surface area contributed by atoms with Gasteiger partial charge in [0.2, 0.25) is 5.78 Å². The number of ketones is 1. The number of nitrogens with zero attached hydrogens (tertiary/aromatic N) is 1. The van der Waals surface area contributed by atoms with E-state index in [2.05, 4.69) is 55.4 Å². The number of hydrogen-bond donors (Lipinski definition) is 0. The molecule has 0 aromatic heterocycles. The van der Waals surface area contributed by atoms with E-state index in [0.29, 0.717) is 23.6 Å². The predicted molar refractivity (Wildman–Crippen MR) is 146 cm³/mol. The third-order valence-corrected chi connectivity index (χ3v) is 8.25. The number of unbranched alkanes of at least 4 members (excludes halogenated alkanes) is 2. The molecule has 0 N–H and O–H groups in total. The van der Waals surface area contributed by atoms with Crippen LogP contribution in [0.4, 0.5) is 0 Å². The van der Waals surface area contributed by atoms with Gasteiger partial charge in [0, 0.05) is 17.9 Å². The molecular weight excluding hydrogens is 446 g/mol. The highest BCUT2D eigenvalue weighted by Gasteiger charge is 2.42. The minimum absolute atomic E-state index is 0.0642. The molecule has 0 spiro atoms. The summed E-state index contributed by atoms with van der Waals surface area (Å²) in [5.41, 5.74) is 6.18. The summed E-state index contributed by atoms with van der Waals surface area (Å²) in [6.45, 7) is 5.82. The van der Waals surface area contributed by atoms with Crippen molar-refractivity contribution in [3.8, 4) is 11.1 Å². The van der Waals surface area contributed by atoms with Crippen molar-refractivity contribution >= 4 is 17.5 Å². The third kappa shape index (κ3) is 5.48. The van der Waals surface area contributed by atoms with Crippen molar-refractivity contribution in [3.05, 3.63) is 59.2 Å². The zero-order chi connectivity index (χ0) is 25.5. The number of benzene rings is 2. The van der Waals surface area contributed by atoms with Crippen LogP contribution in [0.5, 0.6) is 0 Å². The molecule has 0 amide bonds. The predicted octanol–water partition coefficient (Wildman–Crippen LogP) is 8.41. The van der Waals surface area contributed by atoms with Crippen molar-refractivity contribution in [2.75, 3.05) is 0 Å². The molecule has 1 saturated carbocycles. The molecule has 0 atom stereocenters. The van der Waals surface area contributed by atoms with Crippen LogP contribution in [0.3, 0.4) is 0 Å². The number of hydrogen-bond acceptors (Lipinski definition) is 4. The topological polar surface area (TPSA) is 55.7 Å². The first-order valence-electron chi connectivity index (χ1n) is 14.0. The molecule has 2 aliphatic carbocycles. The first kappa shape index (κ1) is 26.3. The largest absolute Gasteiger partial charge is 0.331 e. The van der Waals surface area contributed by atoms with Gasteiger partial charge in [-0.05, 0) is 59.9 Å². The van der Waals surface area contributed by atoms with Crippen LogP contribution in [0.15, 0.2) is 47.6 Å². The van der Waals surface area contributed by atoms with Crippen LogP contribution in [0, 0.1) is 5.92 Å². The molecule has 0 heterocycles. The number of carbonyl (C=O) groups is 2. The fourth-order valence-corrected chi connectivity index (χ4v) is 6.34. The lowest BCUT2D eigenvalue weighted by molar-refractivity contribution is -0.140. The Labute approximate surface area is 216 Å². The summed E-state index contributed by atoms with van der Waals surface area (Å²) in [5.74, 6) is 0.0159. The van der Waals surface area contributed by atoms with E-state index in [0.717, 1.165) is 44.9 Å². The van der Waals surface area contributed by atoms with E-state index < -0.39 is 5.97 Å². The van der Waals surface area contributed by atoms with Crippen molar-refractivity contribution in [2.45, 2.75) is 103 Å². The molecule has 192 valence electrons. The Kier molecular flexibility index (Phi) is 8.77. The van der Waals surface area contributed by atoms with Crippen LogP contribution in [0.2, 0.25) is 0 Å². The Hall–Kier alpha value is -2.75. The van der Waals surface area contributed by atoms with Gasteiger partial charge in [0.25, 0.3) is 0 Å². The maximum Gasteiger partial charge on any atom is 0.331 e. The lowest BCUT2D eigenvalue weighted by atomic mass is 9.70. The Morgan fingerprint density at radius 1 is 0.944 bits per heavy atom. The summed E-state index contributed by atoms with van der Waals surface area (Å²) in [4.78, 5) is 30.2. The van der Waals surface area contributed by atoms with Gasteiger partial charge in [0.15, 0.2) is 0 Å². The normalized spacial score (nSPS) is 16.6. The molecule has 36 heavy (non-hydrogen) atoms. The van der Waals surface area contributed by atoms with Crippen LogP contribution < -0.4 is 0 Å². The van der Waals surface area contributed by atoms with Crippen LogP contribution in [-0.2, 0) is 15.0 Å². The molecular formula is C32H41NO3. The first-order valence-corrected chi connectivity index (χ1v) is 14.0. The minimum atomic E-state index is -0.497. The second-order valence-corrected chi connectivity index (χ2v) is 10.7. The zero-order valence-electron chi connectivity index (χ0n) is 22.3. The fourth-order valence-electron chi connectivity index (χ4n) is 6.34. The molecule has 4 nitrogen and oxygen atoms in total. The van der Waals surface area contributed by atoms with Gasteiger partial charge >= 0.3 is 5.97 Å². The second-order valence-electron chi connectivity index (χ2n) is 10.7. The van der Waals surface area contributed by atoms with E-state index in [9.17, 15) is 9.59 Å². The average Bonchev–Trinajstić information content (AvgIpc) is 3.51. The van der Waals surface area contributed by atoms with Crippen LogP contribution in [0.1, 0.15) is 119 Å². The van der Waals surface area contributed by atoms with Crippen LogP contribution >= 0.6 is 0 Å². The molecule has 0 aliphatic heterocycles. The van der Waals surface area contributed by atoms with Crippen molar-refractivity contribution in [2.24, 2.45) is 11.1 Å². The summed E-state index contributed by atoms with van der Waals surface area (Å²) < 4.78 is 0. The third-order valence-electron chi connectivity index (χ3n) is 8.25. The SMILES string of the molecule is CCCCC1(CCCC)c2ccccc2-c2ccc(C(=O)/C(CCC3CCCC3)=N/OC(C)=O)cc21. The van der Waals surface area contributed by atoms with Gasteiger partial charge in [-0.1, -0.05) is 107 Å². The molecule has 0 radical (unpaired) electrons. The summed E-state index contributed by atoms with van der Waals surface area (Å²) in [7, 11) is 0. The van der Waals surface area contributed by atoms with Gasteiger partial charge in [0.05, 0.1) is 0 Å². The molecule has 4 heteroatoms. The molecule has 0 unspecified atom stereocenters.